The van der Waals surface area contributed by atoms with Gasteiger partial charge in [0.15, 0.2) is 0 Å². The predicted molar refractivity (Wildman–Crippen MR) is 111 cm³/mol. The van der Waals surface area contributed by atoms with Crippen LogP contribution in [0.2, 0.25) is 0 Å². The van der Waals surface area contributed by atoms with Gasteiger partial charge in [0, 0.05) is 5.56 Å². The highest BCUT2D eigenvalue weighted by molar-refractivity contribution is 5.63. The van der Waals surface area contributed by atoms with Crippen molar-refractivity contribution in [3.05, 3.63) is 102 Å². The summed E-state index contributed by atoms with van der Waals surface area (Å²) in [6.07, 6.45) is -0.959. The number of ether oxygens (including phenoxy) is 1. The number of aliphatic hydroxyl groups excluding tert-OH is 1. The summed E-state index contributed by atoms with van der Waals surface area (Å²) in [5.74, 6) is 0.411. The van der Waals surface area contributed by atoms with Crippen LogP contribution in [0.3, 0.4) is 0 Å². The lowest BCUT2D eigenvalue weighted by Gasteiger charge is -2.09. The van der Waals surface area contributed by atoms with Gasteiger partial charge in [-0.25, -0.2) is 9.07 Å². The number of benzene rings is 3. The topological polar surface area (TPSA) is 47.3 Å². The molecule has 0 amide bonds. The second-order valence-corrected chi connectivity index (χ2v) is 6.88. The molecule has 0 aliphatic carbocycles. The summed E-state index contributed by atoms with van der Waals surface area (Å²) in [5, 5.41) is 15.5. The van der Waals surface area contributed by atoms with E-state index in [0.717, 1.165) is 28.3 Å². The molecule has 0 radical (unpaired) electrons. The Morgan fingerprint density at radius 3 is 2.21 bits per heavy atom. The molecule has 146 valence electrons. The van der Waals surface area contributed by atoms with Crippen molar-refractivity contribution < 1.29 is 14.2 Å². The summed E-state index contributed by atoms with van der Waals surface area (Å²) in [6.45, 7) is 2.04. The Hall–Kier alpha value is -3.44. The van der Waals surface area contributed by atoms with Gasteiger partial charge in [-0.15, -0.1) is 0 Å². The number of aryl methyl sites for hydroxylation is 1. The SMILES string of the molecule is COc1ccc(-n2nc(C(O)c3ccc(F)cc3)cc2-c2ccc(C)cc2)cc1. The zero-order chi connectivity index (χ0) is 20.4. The minimum atomic E-state index is -0.959. The molecule has 0 saturated heterocycles. The van der Waals surface area contributed by atoms with Gasteiger partial charge in [0.1, 0.15) is 17.7 Å². The highest BCUT2D eigenvalue weighted by Crippen LogP contribution is 2.30. The van der Waals surface area contributed by atoms with Gasteiger partial charge < -0.3 is 9.84 Å². The number of halogens is 1. The third-order valence-corrected chi connectivity index (χ3v) is 4.86. The van der Waals surface area contributed by atoms with E-state index in [-0.39, 0.29) is 5.82 Å². The van der Waals surface area contributed by atoms with Crippen LogP contribution in [0.1, 0.15) is 22.9 Å². The summed E-state index contributed by atoms with van der Waals surface area (Å²) < 4.78 is 20.3. The number of rotatable bonds is 5. The van der Waals surface area contributed by atoms with Crippen LogP contribution in [0, 0.1) is 12.7 Å². The second-order valence-electron chi connectivity index (χ2n) is 6.88. The van der Waals surface area contributed by atoms with Gasteiger partial charge in [0.25, 0.3) is 0 Å². The van der Waals surface area contributed by atoms with Gasteiger partial charge in [0.2, 0.25) is 0 Å². The Labute approximate surface area is 168 Å². The minimum Gasteiger partial charge on any atom is -0.497 e. The first-order valence-corrected chi connectivity index (χ1v) is 9.30. The van der Waals surface area contributed by atoms with Crippen LogP contribution in [0.25, 0.3) is 16.9 Å². The Morgan fingerprint density at radius 1 is 0.931 bits per heavy atom. The standard InChI is InChI=1S/C24H21FN2O2/c1-16-3-5-17(6-4-16)23-15-22(24(28)18-7-9-19(25)10-8-18)26-27(23)20-11-13-21(29-2)14-12-20/h3-15,24,28H,1-2H3. The molecule has 1 atom stereocenters. The van der Waals surface area contributed by atoms with Crippen LogP contribution in [-0.4, -0.2) is 22.0 Å². The maximum atomic E-state index is 13.2. The van der Waals surface area contributed by atoms with E-state index in [9.17, 15) is 9.50 Å². The molecule has 4 nitrogen and oxygen atoms in total. The zero-order valence-corrected chi connectivity index (χ0v) is 16.2. The number of nitrogens with zero attached hydrogens (tertiary/aromatic N) is 2. The number of methoxy groups -OCH3 is 1. The van der Waals surface area contributed by atoms with Crippen molar-refractivity contribution in [2.75, 3.05) is 7.11 Å². The fourth-order valence-electron chi connectivity index (χ4n) is 3.20. The maximum Gasteiger partial charge on any atom is 0.123 e. The van der Waals surface area contributed by atoms with Crippen molar-refractivity contribution >= 4 is 0 Å². The highest BCUT2D eigenvalue weighted by Gasteiger charge is 2.19. The zero-order valence-electron chi connectivity index (χ0n) is 16.2. The number of hydrogen-bond donors (Lipinski definition) is 1. The first kappa shape index (κ1) is 18.9. The molecule has 3 aromatic carbocycles. The third kappa shape index (κ3) is 3.91. The molecule has 29 heavy (non-hydrogen) atoms. The average Bonchev–Trinajstić information content (AvgIpc) is 3.20. The predicted octanol–water partition coefficient (Wildman–Crippen LogP) is 5.08. The Bertz CT molecular complexity index is 1100. The Balaban J connectivity index is 1.81. The summed E-state index contributed by atoms with van der Waals surface area (Å²) in [6, 6.07) is 23.4. The molecule has 1 aromatic heterocycles. The quantitative estimate of drug-likeness (QED) is 0.519. The first-order valence-electron chi connectivity index (χ1n) is 9.30. The third-order valence-electron chi connectivity index (χ3n) is 4.86. The van der Waals surface area contributed by atoms with Crippen LogP contribution in [-0.2, 0) is 0 Å². The van der Waals surface area contributed by atoms with Crippen LogP contribution in [0.15, 0.2) is 78.9 Å². The minimum absolute atomic E-state index is 0.343. The highest BCUT2D eigenvalue weighted by atomic mass is 19.1. The lowest BCUT2D eigenvalue weighted by molar-refractivity contribution is 0.214. The van der Waals surface area contributed by atoms with Gasteiger partial charge in [-0.1, -0.05) is 42.0 Å². The van der Waals surface area contributed by atoms with Crippen molar-refractivity contribution in [2.24, 2.45) is 0 Å². The number of hydrogen-bond acceptors (Lipinski definition) is 3. The summed E-state index contributed by atoms with van der Waals surface area (Å²) in [5.41, 5.74) is 4.92. The molecule has 4 rings (SSSR count). The second kappa shape index (κ2) is 7.89. The number of aliphatic hydroxyl groups is 1. The van der Waals surface area contributed by atoms with E-state index >= 15 is 0 Å². The molecule has 0 saturated carbocycles. The molecule has 0 aliphatic rings. The van der Waals surface area contributed by atoms with Gasteiger partial charge in [-0.05, 0) is 55.0 Å². The normalized spacial score (nSPS) is 12.0. The van der Waals surface area contributed by atoms with E-state index < -0.39 is 6.10 Å². The summed E-state index contributed by atoms with van der Waals surface area (Å²) in [7, 11) is 1.62. The fraction of sp³-hybridized carbons (Fsp3) is 0.125. The van der Waals surface area contributed by atoms with Crippen molar-refractivity contribution in [2.45, 2.75) is 13.0 Å². The van der Waals surface area contributed by atoms with Crippen molar-refractivity contribution in [3.8, 4) is 22.7 Å². The van der Waals surface area contributed by atoms with E-state index in [1.165, 1.54) is 12.1 Å². The summed E-state index contributed by atoms with van der Waals surface area (Å²) in [4.78, 5) is 0. The van der Waals surface area contributed by atoms with Gasteiger partial charge in [0.05, 0.1) is 24.2 Å². The lowest BCUT2D eigenvalue weighted by Crippen LogP contribution is -2.03. The monoisotopic (exact) mass is 388 g/mol. The smallest absolute Gasteiger partial charge is 0.123 e. The van der Waals surface area contributed by atoms with Crippen LogP contribution in [0.5, 0.6) is 5.75 Å². The van der Waals surface area contributed by atoms with E-state index in [1.807, 2.05) is 61.5 Å². The molecular weight excluding hydrogens is 367 g/mol. The van der Waals surface area contributed by atoms with Crippen molar-refractivity contribution in [1.82, 2.24) is 9.78 Å². The lowest BCUT2D eigenvalue weighted by atomic mass is 10.0. The molecule has 1 unspecified atom stereocenters. The van der Waals surface area contributed by atoms with E-state index in [2.05, 4.69) is 5.10 Å². The maximum absolute atomic E-state index is 13.2. The van der Waals surface area contributed by atoms with E-state index in [1.54, 1.807) is 23.9 Å². The first-order chi connectivity index (χ1) is 14.0. The number of aromatic nitrogens is 2. The molecule has 0 bridgehead atoms. The van der Waals surface area contributed by atoms with Crippen LogP contribution in [0.4, 0.5) is 4.39 Å². The Kier molecular flexibility index (Phi) is 5.14. The summed E-state index contributed by atoms with van der Waals surface area (Å²) >= 11 is 0. The molecule has 0 spiro atoms. The van der Waals surface area contributed by atoms with Crippen molar-refractivity contribution in [3.63, 3.8) is 0 Å². The fourth-order valence-corrected chi connectivity index (χ4v) is 3.20. The molecule has 1 N–H and O–H groups in total. The van der Waals surface area contributed by atoms with Crippen LogP contribution >= 0.6 is 0 Å². The average molecular weight is 388 g/mol. The van der Waals surface area contributed by atoms with Crippen LogP contribution < -0.4 is 4.74 Å². The molecule has 0 aliphatic heterocycles. The van der Waals surface area contributed by atoms with E-state index in [0.29, 0.717) is 11.3 Å². The largest absolute Gasteiger partial charge is 0.497 e. The molecular formula is C24H21FN2O2. The van der Waals surface area contributed by atoms with Gasteiger partial charge in [-0.2, -0.15) is 5.10 Å². The molecule has 1 heterocycles. The van der Waals surface area contributed by atoms with Crippen molar-refractivity contribution in [1.29, 1.82) is 0 Å². The Morgan fingerprint density at radius 2 is 1.59 bits per heavy atom. The van der Waals surface area contributed by atoms with E-state index in [4.69, 9.17) is 4.74 Å². The molecule has 0 fully saturated rings. The molecule has 4 aromatic rings. The van der Waals surface area contributed by atoms with Gasteiger partial charge >= 0.3 is 0 Å². The molecule has 5 heteroatoms. The van der Waals surface area contributed by atoms with Gasteiger partial charge in [-0.3, -0.25) is 0 Å².